The van der Waals surface area contributed by atoms with Crippen LogP contribution in [0.2, 0.25) is 0 Å². The zero-order chi connectivity index (χ0) is 15.5. The molecule has 1 aromatic rings. The third kappa shape index (κ3) is 4.28. The van der Waals surface area contributed by atoms with Gasteiger partial charge in [-0.3, -0.25) is 0 Å². The molecule has 1 aliphatic heterocycles. The van der Waals surface area contributed by atoms with Gasteiger partial charge < -0.3 is 0 Å². The number of hydrogen-bond acceptors (Lipinski definition) is 4. The van der Waals surface area contributed by atoms with Crippen LogP contribution in [-0.2, 0) is 25.6 Å². The molecule has 1 aliphatic rings. The Bertz CT molecular complexity index is 668. The summed E-state index contributed by atoms with van der Waals surface area (Å²) in [4.78, 5) is 0. The molecular formula is C14H21NO4S2. The Morgan fingerprint density at radius 2 is 1.90 bits per heavy atom. The van der Waals surface area contributed by atoms with E-state index in [4.69, 9.17) is 0 Å². The molecule has 0 spiro atoms. The Kier molecular flexibility index (Phi) is 5.06. The van der Waals surface area contributed by atoms with Crippen molar-refractivity contribution in [2.24, 2.45) is 0 Å². The smallest absolute Gasteiger partial charge is 0.218 e. The third-order valence-corrected chi connectivity index (χ3v) is 7.25. The summed E-state index contributed by atoms with van der Waals surface area (Å²) in [5.74, 6) is -0.0514. The van der Waals surface area contributed by atoms with Crippen LogP contribution in [0.25, 0.3) is 0 Å². The lowest BCUT2D eigenvalue weighted by Gasteiger charge is -2.27. The molecule has 1 aromatic carbocycles. The van der Waals surface area contributed by atoms with Crippen molar-refractivity contribution < 1.29 is 16.8 Å². The van der Waals surface area contributed by atoms with Crippen molar-refractivity contribution in [3.05, 3.63) is 35.9 Å². The molecule has 7 heteroatoms. The molecule has 1 fully saturated rings. The number of nitrogens with zero attached hydrogens (tertiary/aromatic N) is 1. The minimum Gasteiger partial charge on any atom is -0.229 e. The lowest BCUT2D eigenvalue weighted by molar-refractivity contribution is 0.340. The lowest BCUT2D eigenvalue weighted by Crippen LogP contribution is -2.42. The van der Waals surface area contributed by atoms with Gasteiger partial charge in [0.1, 0.15) is 0 Å². The maximum atomic E-state index is 12.6. The fraction of sp³-hybridized carbons (Fsp3) is 0.571. The number of benzene rings is 1. The standard InChI is InChI=1S/C14H21NO4S2/c1-2-9-15(14-8-10-20(16,17)12-14)21(18,19)11-13-6-4-3-5-7-13/h3-7,14H,2,8-12H2,1H3. The predicted octanol–water partition coefficient (Wildman–Crippen LogP) is 1.42. The van der Waals surface area contributed by atoms with Crippen LogP contribution >= 0.6 is 0 Å². The highest BCUT2D eigenvalue weighted by atomic mass is 32.2. The normalized spacial score (nSPS) is 21.7. The highest BCUT2D eigenvalue weighted by Crippen LogP contribution is 2.23. The Hall–Kier alpha value is -0.920. The van der Waals surface area contributed by atoms with Crippen LogP contribution in [-0.4, -0.2) is 45.2 Å². The summed E-state index contributed by atoms with van der Waals surface area (Å²) < 4.78 is 49.9. The van der Waals surface area contributed by atoms with Gasteiger partial charge in [-0.1, -0.05) is 37.3 Å². The summed E-state index contributed by atoms with van der Waals surface area (Å²) in [5.41, 5.74) is 0.722. The largest absolute Gasteiger partial charge is 0.229 e. The average Bonchev–Trinajstić information content (AvgIpc) is 2.76. The molecule has 1 atom stereocenters. The summed E-state index contributed by atoms with van der Waals surface area (Å²) in [6, 6.07) is 8.57. The lowest BCUT2D eigenvalue weighted by atomic mass is 10.2. The highest BCUT2D eigenvalue weighted by molar-refractivity contribution is 7.92. The van der Waals surface area contributed by atoms with E-state index in [0.717, 1.165) is 5.56 Å². The van der Waals surface area contributed by atoms with Crippen LogP contribution in [0.5, 0.6) is 0 Å². The van der Waals surface area contributed by atoms with Crippen molar-refractivity contribution >= 4 is 19.9 Å². The van der Waals surface area contributed by atoms with Crippen LogP contribution in [0.3, 0.4) is 0 Å². The molecule has 5 nitrogen and oxygen atoms in total. The number of rotatable bonds is 6. The Morgan fingerprint density at radius 3 is 2.43 bits per heavy atom. The van der Waals surface area contributed by atoms with Gasteiger partial charge in [0, 0.05) is 12.6 Å². The predicted molar refractivity (Wildman–Crippen MR) is 83.1 cm³/mol. The first-order valence-electron chi connectivity index (χ1n) is 7.08. The van der Waals surface area contributed by atoms with Crippen LogP contribution in [0.15, 0.2) is 30.3 Å². The van der Waals surface area contributed by atoms with Crippen molar-refractivity contribution in [3.63, 3.8) is 0 Å². The molecule has 21 heavy (non-hydrogen) atoms. The van der Waals surface area contributed by atoms with E-state index < -0.39 is 25.9 Å². The first-order valence-corrected chi connectivity index (χ1v) is 10.5. The van der Waals surface area contributed by atoms with Gasteiger partial charge in [-0.2, -0.15) is 4.31 Å². The molecule has 1 unspecified atom stereocenters. The number of sulfone groups is 1. The zero-order valence-corrected chi connectivity index (χ0v) is 13.7. The SMILES string of the molecule is CCCN(C1CCS(=O)(=O)C1)S(=O)(=O)Cc1ccccc1. The molecule has 1 saturated heterocycles. The van der Waals surface area contributed by atoms with E-state index in [0.29, 0.717) is 19.4 Å². The van der Waals surface area contributed by atoms with Gasteiger partial charge in [0.05, 0.1) is 17.3 Å². The van der Waals surface area contributed by atoms with Crippen molar-refractivity contribution in [2.75, 3.05) is 18.1 Å². The second kappa shape index (κ2) is 6.46. The summed E-state index contributed by atoms with van der Waals surface area (Å²) in [7, 11) is -6.60. The third-order valence-electron chi connectivity index (χ3n) is 3.61. The van der Waals surface area contributed by atoms with Gasteiger partial charge in [-0.15, -0.1) is 0 Å². The fourth-order valence-electron chi connectivity index (χ4n) is 2.64. The maximum absolute atomic E-state index is 12.6. The van der Waals surface area contributed by atoms with Crippen LogP contribution in [0.4, 0.5) is 0 Å². The van der Waals surface area contributed by atoms with E-state index in [-0.39, 0.29) is 17.3 Å². The Morgan fingerprint density at radius 1 is 1.24 bits per heavy atom. The Balaban J connectivity index is 2.21. The molecule has 0 aliphatic carbocycles. The first-order chi connectivity index (χ1) is 9.84. The second-order valence-corrected chi connectivity index (χ2v) is 9.56. The second-order valence-electron chi connectivity index (χ2n) is 5.41. The molecule has 0 amide bonds. The van der Waals surface area contributed by atoms with Crippen molar-refractivity contribution in [2.45, 2.75) is 31.6 Å². The van der Waals surface area contributed by atoms with Gasteiger partial charge in [0.15, 0.2) is 9.84 Å². The van der Waals surface area contributed by atoms with Gasteiger partial charge >= 0.3 is 0 Å². The van der Waals surface area contributed by atoms with Crippen LogP contribution in [0, 0.1) is 0 Å². The number of sulfonamides is 1. The van der Waals surface area contributed by atoms with Gasteiger partial charge in [0.25, 0.3) is 0 Å². The molecule has 1 heterocycles. The highest BCUT2D eigenvalue weighted by Gasteiger charge is 2.37. The molecule has 2 rings (SSSR count). The van der Waals surface area contributed by atoms with Crippen molar-refractivity contribution in [3.8, 4) is 0 Å². The monoisotopic (exact) mass is 331 g/mol. The molecule has 0 N–H and O–H groups in total. The van der Waals surface area contributed by atoms with E-state index >= 15 is 0 Å². The van der Waals surface area contributed by atoms with E-state index in [9.17, 15) is 16.8 Å². The molecular weight excluding hydrogens is 310 g/mol. The van der Waals surface area contributed by atoms with Crippen LogP contribution in [0.1, 0.15) is 25.3 Å². The summed E-state index contributed by atoms with van der Waals surface area (Å²) in [6.07, 6.45) is 1.07. The molecule has 0 saturated carbocycles. The molecule has 118 valence electrons. The average molecular weight is 331 g/mol. The van der Waals surface area contributed by atoms with Crippen molar-refractivity contribution in [1.29, 1.82) is 0 Å². The molecule has 0 radical (unpaired) electrons. The van der Waals surface area contributed by atoms with Crippen molar-refractivity contribution in [1.82, 2.24) is 4.31 Å². The van der Waals surface area contributed by atoms with Gasteiger partial charge in [-0.25, -0.2) is 16.8 Å². The van der Waals surface area contributed by atoms with Gasteiger partial charge in [-0.05, 0) is 18.4 Å². The molecule has 0 bridgehead atoms. The Labute approximate surface area is 126 Å². The summed E-state index contributed by atoms with van der Waals surface area (Å²) >= 11 is 0. The minimum atomic E-state index is -3.50. The summed E-state index contributed by atoms with van der Waals surface area (Å²) in [6.45, 7) is 2.27. The first kappa shape index (κ1) is 16.5. The zero-order valence-electron chi connectivity index (χ0n) is 12.1. The van der Waals surface area contributed by atoms with Gasteiger partial charge in [0.2, 0.25) is 10.0 Å². The van der Waals surface area contributed by atoms with Crippen LogP contribution < -0.4 is 0 Å². The fourth-order valence-corrected chi connectivity index (χ4v) is 6.34. The van der Waals surface area contributed by atoms with E-state index in [1.54, 1.807) is 24.3 Å². The maximum Gasteiger partial charge on any atom is 0.218 e. The number of hydrogen-bond donors (Lipinski definition) is 0. The van der Waals surface area contributed by atoms with E-state index in [1.807, 2.05) is 13.0 Å². The van der Waals surface area contributed by atoms with E-state index in [1.165, 1.54) is 4.31 Å². The molecule has 0 aromatic heterocycles. The minimum absolute atomic E-state index is 0.0545. The topological polar surface area (TPSA) is 71.5 Å². The van der Waals surface area contributed by atoms with E-state index in [2.05, 4.69) is 0 Å². The quantitative estimate of drug-likeness (QED) is 0.790. The summed E-state index contributed by atoms with van der Waals surface area (Å²) in [5, 5.41) is 0.